The van der Waals surface area contributed by atoms with Gasteiger partial charge in [0, 0.05) is 19.3 Å². The zero-order valence-corrected chi connectivity index (χ0v) is 10.8. The average Bonchev–Trinajstić information content (AvgIpc) is 2.24. The summed E-state index contributed by atoms with van der Waals surface area (Å²) in [6, 6.07) is 6.18. The Morgan fingerprint density at radius 1 is 1.31 bits per heavy atom. The third-order valence-corrected chi connectivity index (χ3v) is 2.60. The Bertz CT molecular complexity index is 366. The van der Waals surface area contributed by atoms with Crippen molar-refractivity contribution >= 4 is 23.0 Å². The minimum Gasteiger partial charge on any atom is -0.383 e. The number of aryl methyl sites for hydroxylation is 2. The molecule has 0 bridgehead atoms. The topological polar surface area (TPSA) is 33.3 Å². The molecule has 0 aliphatic carbocycles. The first-order valence-corrected chi connectivity index (χ1v) is 5.65. The Labute approximate surface area is 102 Å². The minimum absolute atomic E-state index is 0.625. The molecule has 16 heavy (non-hydrogen) atoms. The Morgan fingerprint density at radius 2 is 2.06 bits per heavy atom. The summed E-state index contributed by atoms with van der Waals surface area (Å²) >= 11 is 5.15. The SMILES string of the molecule is COCCNC(=S)Nc1ccc(C)c(C)c1. The molecule has 0 unspecified atom stereocenters. The lowest BCUT2D eigenvalue weighted by Crippen LogP contribution is -2.31. The highest BCUT2D eigenvalue weighted by Crippen LogP contribution is 2.13. The van der Waals surface area contributed by atoms with E-state index in [1.165, 1.54) is 11.1 Å². The van der Waals surface area contributed by atoms with Crippen molar-refractivity contribution in [1.29, 1.82) is 0 Å². The summed E-state index contributed by atoms with van der Waals surface area (Å²) in [7, 11) is 1.67. The van der Waals surface area contributed by atoms with Crippen LogP contribution < -0.4 is 10.6 Å². The predicted molar refractivity (Wildman–Crippen MR) is 72.0 cm³/mol. The highest BCUT2D eigenvalue weighted by Gasteiger charge is 1.98. The van der Waals surface area contributed by atoms with Gasteiger partial charge >= 0.3 is 0 Å². The van der Waals surface area contributed by atoms with Gasteiger partial charge in [-0.2, -0.15) is 0 Å². The van der Waals surface area contributed by atoms with Gasteiger partial charge in [-0.25, -0.2) is 0 Å². The number of methoxy groups -OCH3 is 1. The van der Waals surface area contributed by atoms with Gasteiger partial charge in [0.15, 0.2) is 5.11 Å². The molecule has 0 spiro atoms. The maximum absolute atomic E-state index is 5.15. The van der Waals surface area contributed by atoms with Crippen LogP contribution in [0.1, 0.15) is 11.1 Å². The van der Waals surface area contributed by atoms with Crippen LogP contribution in [-0.2, 0) is 4.74 Å². The van der Waals surface area contributed by atoms with Crippen LogP contribution in [0.15, 0.2) is 18.2 Å². The van der Waals surface area contributed by atoms with Crippen molar-refractivity contribution in [2.24, 2.45) is 0 Å². The number of thiocarbonyl (C=S) groups is 1. The fourth-order valence-corrected chi connectivity index (χ4v) is 1.48. The molecule has 0 radical (unpaired) electrons. The second-order valence-corrected chi connectivity index (χ2v) is 4.08. The first-order chi connectivity index (χ1) is 7.63. The lowest BCUT2D eigenvalue weighted by atomic mass is 10.1. The summed E-state index contributed by atoms with van der Waals surface area (Å²) in [5.41, 5.74) is 3.55. The molecular weight excluding hydrogens is 220 g/mol. The van der Waals surface area contributed by atoms with Crippen molar-refractivity contribution in [1.82, 2.24) is 5.32 Å². The van der Waals surface area contributed by atoms with Crippen molar-refractivity contribution < 1.29 is 4.74 Å². The van der Waals surface area contributed by atoms with Gasteiger partial charge in [0.2, 0.25) is 0 Å². The van der Waals surface area contributed by atoms with E-state index in [4.69, 9.17) is 17.0 Å². The predicted octanol–water partition coefficient (Wildman–Crippen LogP) is 2.24. The molecule has 88 valence electrons. The molecule has 1 aromatic carbocycles. The van der Waals surface area contributed by atoms with Gasteiger partial charge in [-0.15, -0.1) is 0 Å². The normalized spacial score (nSPS) is 9.94. The average molecular weight is 238 g/mol. The molecule has 1 aromatic rings. The van der Waals surface area contributed by atoms with Gasteiger partial charge in [0.05, 0.1) is 6.61 Å². The first-order valence-electron chi connectivity index (χ1n) is 5.24. The molecule has 0 saturated heterocycles. The number of benzene rings is 1. The molecule has 0 atom stereocenters. The molecule has 0 amide bonds. The Kier molecular flexibility index (Phi) is 5.22. The molecule has 2 N–H and O–H groups in total. The molecule has 3 nitrogen and oxygen atoms in total. The smallest absolute Gasteiger partial charge is 0.170 e. The lowest BCUT2D eigenvalue weighted by Gasteiger charge is -2.11. The Morgan fingerprint density at radius 3 is 2.69 bits per heavy atom. The van der Waals surface area contributed by atoms with Crippen molar-refractivity contribution in [3.8, 4) is 0 Å². The van der Waals surface area contributed by atoms with Crippen LogP contribution in [0.3, 0.4) is 0 Å². The van der Waals surface area contributed by atoms with E-state index in [9.17, 15) is 0 Å². The maximum Gasteiger partial charge on any atom is 0.170 e. The molecule has 0 aromatic heterocycles. The maximum atomic E-state index is 5.15. The van der Waals surface area contributed by atoms with E-state index < -0.39 is 0 Å². The molecule has 0 saturated carbocycles. The summed E-state index contributed by atoms with van der Waals surface area (Å²) < 4.78 is 4.93. The minimum atomic E-state index is 0.625. The molecule has 0 heterocycles. The van der Waals surface area contributed by atoms with Gasteiger partial charge in [-0.1, -0.05) is 6.07 Å². The van der Waals surface area contributed by atoms with Gasteiger partial charge in [-0.05, 0) is 49.3 Å². The molecule has 0 aliphatic rings. The van der Waals surface area contributed by atoms with Gasteiger partial charge in [-0.3, -0.25) is 0 Å². The van der Waals surface area contributed by atoms with Crippen LogP contribution in [0.2, 0.25) is 0 Å². The fourth-order valence-electron chi connectivity index (χ4n) is 1.26. The zero-order valence-electron chi connectivity index (χ0n) is 9.96. The monoisotopic (exact) mass is 238 g/mol. The standard InChI is InChI=1S/C12H18N2OS/c1-9-4-5-11(8-10(9)2)14-12(16)13-6-7-15-3/h4-5,8H,6-7H2,1-3H3,(H2,13,14,16). The number of rotatable bonds is 4. The van der Waals surface area contributed by atoms with E-state index in [0.29, 0.717) is 18.3 Å². The Hall–Kier alpha value is -1.13. The van der Waals surface area contributed by atoms with Crippen molar-refractivity contribution in [3.63, 3.8) is 0 Å². The van der Waals surface area contributed by atoms with Crippen molar-refractivity contribution in [2.75, 3.05) is 25.6 Å². The molecular formula is C12H18N2OS. The highest BCUT2D eigenvalue weighted by molar-refractivity contribution is 7.80. The summed E-state index contributed by atoms with van der Waals surface area (Å²) in [4.78, 5) is 0. The van der Waals surface area contributed by atoms with E-state index in [2.05, 4.69) is 36.6 Å². The van der Waals surface area contributed by atoms with Crippen LogP contribution in [-0.4, -0.2) is 25.4 Å². The molecule has 0 aliphatic heterocycles. The van der Waals surface area contributed by atoms with Gasteiger partial charge in [0.25, 0.3) is 0 Å². The third-order valence-electron chi connectivity index (χ3n) is 2.36. The van der Waals surface area contributed by atoms with Crippen LogP contribution in [0.5, 0.6) is 0 Å². The van der Waals surface area contributed by atoms with Crippen molar-refractivity contribution in [3.05, 3.63) is 29.3 Å². The lowest BCUT2D eigenvalue weighted by molar-refractivity contribution is 0.204. The summed E-state index contributed by atoms with van der Waals surface area (Å²) in [6.45, 7) is 5.54. The molecule has 4 heteroatoms. The molecule has 1 rings (SSSR count). The summed E-state index contributed by atoms with van der Waals surface area (Å²) in [5.74, 6) is 0. The van der Waals surface area contributed by atoms with Crippen LogP contribution >= 0.6 is 12.2 Å². The number of hydrogen-bond acceptors (Lipinski definition) is 2. The van der Waals surface area contributed by atoms with Gasteiger partial charge < -0.3 is 15.4 Å². The Balaban J connectivity index is 2.46. The summed E-state index contributed by atoms with van der Waals surface area (Å²) in [5, 5.41) is 6.82. The van der Waals surface area contributed by atoms with Gasteiger partial charge in [0.1, 0.15) is 0 Å². The van der Waals surface area contributed by atoms with E-state index in [1.54, 1.807) is 7.11 Å². The van der Waals surface area contributed by atoms with E-state index in [1.807, 2.05) is 6.07 Å². The third kappa shape index (κ3) is 4.16. The highest BCUT2D eigenvalue weighted by atomic mass is 32.1. The second-order valence-electron chi connectivity index (χ2n) is 3.67. The second kappa shape index (κ2) is 6.45. The van der Waals surface area contributed by atoms with E-state index >= 15 is 0 Å². The van der Waals surface area contributed by atoms with Crippen molar-refractivity contribution in [2.45, 2.75) is 13.8 Å². The zero-order chi connectivity index (χ0) is 12.0. The number of anilines is 1. The van der Waals surface area contributed by atoms with Crippen LogP contribution in [0.25, 0.3) is 0 Å². The first kappa shape index (κ1) is 12.9. The largest absolute Gasteiger partial charge is 0.383 e. The van der Waals surface area contributed by atoms with E-state index in [-0.39, 0.29) is 0 Å². The number of ether oxygens (including phenoxy) is 1. The van der Waals surface area contributed by atoms with Crippen LogP contribution in [0, 0.1) is 13.8 Å². The number of nitrogens with one attached hydrogen (secondary N) is 2. The van der Waals surface area contributed by atoms with E-state index in [0.717, 1.165) is 5.69 Å². The fraction of sp³-hybridized carbons (Fsp3) is 0.417. The molecule has 0 fully saturated rings. The number of hydrogen-bond donors (Lipinski definition) is 2. The quantitative estimate of drug-likeness (QED) is 0.622. The van der Waals surface area contributed by atoms with Crippen LogP contribution in [0.4, 0.5) is 5.69 Å². The summed E-state index contributed by atoms with van der Waals surface area (Å²) in [6.07, 6.45) is 0.